The highest BCUT2D eigenvalue weighted by Crippen LogP contribution is 2.28. The van der Waals surface area contributed by atoms with Gasteiger partial charge in [0.15, 0.2) is 5.78 Å². The van der Waals surface area contributed by atoms with E-state index < -0.39 is 15.7 Å². The van der Waals surface area contributed by atoms with Crippen LogP contribution in [0.2, 0.25) is 0 Å². The molecule has 0 unspecified atom stereocenters. The van der Waals surface area contributed by atoms with E-state index in [1.807, 2.05) is 0 Å². The van der Waals surface area contributed by atoms with Crippen LogP contribution >= 0.6 is 11.3 Å². The minimum Gasteiger partial charge on any atom is -0.293 e. The molecule has 118 valence electrons. The van der Waals surface area contributed by atoms with Crippen LogP contribution in [0.3, 0.4) is 0 Å². The van der Waals surface area contributed by atoms with Crippen LogP contribution in [0.15, 0.2) is 18.5 Å². The van der Waals surface area contributed by atoms with Gasteiger partial charge in [-0.2, -0.15) is 0 Å². The fourth-order valence-electron chi connectivity index (χ4n) is 1.92. The molecule has 0 amide bonds. The molecule has 0 fully saturated rings. The van der Waals surface area contributed by atoms with Crippen LogP contribution < -0.4 is 0 Å². The number of pyridine rings is 1. The standard InChI is InChI=1S/C14H15FN2O3S2/c1-9-13(12(18)4-3-5-22(2,19)20)21-14(17-9)10-6-11(15)8-16-7-10/h6-8H,3-5H2,1-2H3. The van der Waals surface area contributed by atoms with Gasteiger partial charge in [-0.05, 0) is 19.4 Å². The van der Waals surface area contributed by atoms with E-state index in [4.69, 9.17) is 0 Å². The third kappa shape index (κ3) is 4.41. The Bertz CT molecular complexity index is 800. The number of nitrogens with zero attached hydrogens (tertiary/aromatic N) is 2. The van der Waals surface area contributed by atoms with Crippen molar-refractivity contribution in [3.8, 4) is 10.6 Å². The van der Waals surface area contributed by atoms with E-state index >= 15 is 0 Å². The first kappa shape index (κ1) is 16.7. The molecule has 8 heteroatoms. The van der Waals surface area contributed by atoms with Crippen LogP contribution in [0.4, 0.5) is 4.39 Å². The molecule has 0 spiro atoms. The zero-order valence-electron chi connectivity index (χ0n) is 12.2. The number of sulfone groups is 1. The van der Waals surface area contributed by atoms with Gasteiger partial charge in [0.05, 0.1) is 22.5 Å². The monoisotopic (exact) mass is 342 g/mol. The molecule has 0 aliphatic rings. The number of hydrogen-bond acceptors (Lipinski definition) is 6. The van der Waals surface area contributed by atoms with Crippen molar-refractivity contribution in [1.82, 2.24) is 9.97 Å². The SMILES string of the molecule is Cc1nc(-c2cncc(F)c2)sc1C(=O)CCCS(C)(=O)=O. The zero-order valence-corrected chi connectivity index (χ0v) is 13.8. The summed E-state index contributed by atoms with van der Waals surface area (Å²) in [4.78, 5) is 20.7. The smallest absolute Gasteiger partial charge is 0.174 e. The highest BCUT2D eigenvalue weighted by molar-refractivity contribution is 7.90. The first-order valence-electron chi connectivity index (χ1n) is 6.55. The largest absolute Gasteiger partial charge is 0.293 e. The fraction of sp³-hybridized carbons (Fsp3) is 0.357. The highest BCUT2D eigenvalue weighted by Gasteiger charge is 2.17. The van der Waals surface area contributed by atoms with Crippen LogP contribution in [-0.4, -0.2) is 36.2 Å². The van der Waals surface area contributed by atoms with Crippen molar-refractivity contribution in [3.05, 3.63) is 34.8 Å². The van der Waals surface area contributed by atoms with Gasteiger partial charge in [-0.25, -0.2) is 17.8 Å². The summed E-state index contributed by atoms with van der Waals surface area (Å²) in [6.45, 7) is 1.70. The van der Waals surface area contributed by atoms with Crippen molar-refractivity contribution in [2.75, 3.05) is 12.0 Å². The van der Waals surface area contributed by atoms with Crippen LogP contribution in [0.1, 0.15) is 28.2 Å². The molecule has 0 atom stereocenters. The first-order valence-corrected chi connectivity index (χ1v) is 9.43. The van der Waals surface area contributed by atoms with Crippen molar-refractivity contribution < 1.29 is 17.6 Å². The summed E-state index contributed by atoms with van der Waals surface area (Å²) >= 11 is 1.17. The summed E-state index contributed by atoms with van der Waals surface area (Å²) in [6.07, 6.45) is 4.16. The van der Waals surface area contributed by atoms with Gasteiger partial charge in [0.2, 0.25) is 0 Å². The van der Waals surface area contributed by atoms with Crippen LogP contribution in [-0.2, 0) is 9.84 Å². The van der Waals surface area contributed by atoms with Gasteiger partial charge in [-0.3, -0.25) is 9.78 Å². The number of aryl methyl sites for hydroxylation is 1. The Kier molecular flexibility index (Phi) is 5.02. The Morgan fingerprint density at radius 2 is 2.09 bits per heavy atom. The number of carbonyl (C=O) groups is 1. The van der Waals surface area contributed by atoms with Gasteiger partial charge in [0.1, 0.15) is 20.7 Å². The van der Waals surface area contributed by atoms with Crippen molar-refractivity contribution in [2.24, 2.45) is 0 Å². The highest BCUT2D eigenvalue weighted by atomic mass is 32.2. The number of rotatable bonds is 6. The second kappa shape index (κ2) is 6.62. The molecule has 22 heavy (non-hydrogen) atoms. The quantitative estimate of drug-likeness (QED) is 0.754. The molecule has 2 aromatic heterocycles. The minimum atomic E-state index is -3.07. The number of halogens is 1. The predicted octanol–water partition coefficient (Wildman–Crippen LogP) is 2.66. The Hall–Kier alpha value is -1.67. The van der Waals surface area contributed by atoms with E-state index in [0.29, 0.717) is 21.1 Å². The molecule has 0 saturated carbocycles. The average molecular weight is 342 g/mol. The number of aromatic nitrogens is 2. The van der Waals surface area contributed by atoms with Crippen LogP contribution in [0.25, 0.3) is 10.6 Å². The Labute approximate surface area is 132 Å². The summed E-state index contributed by atoms with van der Waals surface area (Å²) in [5.41, 5.74) is 1.08. The summed E-state index contributed by atoms with van der Waals surface area (Å²) in [5.74, 6) is -0.627. The van der Waals surface area contributed by atoms with Crippen molar-refractivity contribution >= 4 is 27.0 Å². The van der Waals surface area contributed by atoms with Gasteiger partial charge < -0.3 is 0 Å². The molecular formula is C14H15FN2O3S2. The van der Waals surface area contributed by atoms with E-state index in [0.717, 1.165) is 12.5 Å². The summed E-state index contributed by atoms with van der Waals surface area (Å²) < 4.78 is 35.3. The van der Waals surface area contributed by atoms with E-state index in [2.05, 4.69) is 9.97 Å². The molecule has 0 bridgehead atoms. The molecular weight excluding hydrogens is 327 g/mol. The van der Waals surface area contributed by atoms with Crippen LogP contribution in [0, 0.1) is 12.7 Å². The van der Waals surface area contributed by atoms with Crippen molar-refractivity contribution in [2.45, 2.75) is 19.8 Å². The molecule has 0 aliphatic heterocycles. The third-order valence-corrected chi connectivity index (χ3v) is 5.20. The van der Waals surface area contributed by atoms with Crippen molar-refractivity contribution in [1.29, 1.82) is 0 Å². The number of ketones is 1. The van der Waals surface area contributed by atoms with Gasteiger partial charge >= 0.3 is 0 Å². The second-order valence-corrected chi connectivity index (χ2v) is 8.24. The van der Waals surface area contributed by atoms with Gasteiger partial charge in [-0.15, -0.1) is 11.3 Å². The summed E-state index contributed by atoms with van der Waals surface area (Å²) in [6, 6.07) is 1.31. The van der Waals surface area contributed by atoms with Gasteiger partial charge in [0.25, 0.3) is 0 Å². The van der Waals surface area contributed by atoms with Crippen LogP contribution in [0.5, 0.6) is 0 Å². The number of thiazole rings is 1. The molecule has 0 saturated heterocycles. The van der Waals surface area contributed by atoms with Gasteiger partial charge in [-0.1, -0.05) is 0 Å². The molecule has 0 aliphatic carbocycles. The molecule has 2 aromatic rings. The van der Waals surface area contributed by atoms with Crippen molar-refractivity contribution in [3.63, 3.8) is 0 Å². The lowest BCUT2D eigenvalue weighted by Crippen LogP contribution is -2.06. The maximum atomic E-state index is 13.2. The van der Waals surface area contributed by atoms with E-state index in [9.17, 15) is 17.6 Å². The molecule has 0 N–H and O–H groups in total. The first-order chi connectivity index (χ1) is 10.3. The summed E-state index contributed by atoms with van der Waals surface area (Å²) in [7, 11) is -3.07. The lowest BCUT2D eigenvalue weighted by atomic mass is 10.2. The van der Waals surface area contributed by atoms with E-state index in [1.54, 1.807) is 6.92 Å². The average Bonchev–Trinajstić information content (AvgIpc) is 2.79. The Balaban J connectivity index is 2.14. The molecule has 2 rings (SSSR count). The normalized spacial score (nSPS) is 11.6. The predicted molar refractivity (Wildman–Crippen MR) is 83.3 cm³/mol. The molecule has 0 radical (unpaired) electrons. The number of Topliss-reactive ketones (excluding diaryl/α,β-unsaturated/α-hetero) is 1. The third-order valence-electron chi connectivity index (χ3n) is 2.92. The molecule has 0 aromatic carbocycles. The maximum absolute atomic E-state index is 13.2. The van der Waals surface area contributed by atoms with E-state index in [-0.39, 0.29) is 24.4 Å². The minimum absolute atomic E-state index is 0.0166. The lowest BCUT2D eigenvalue weighted by Gasteiger charge is -1.98. The Morgan fingerprint density at radius 1 is 1.36 bits per heavy atom. The van der Waals surface area contributed by atoms with E-state index in [1.165, 1.54) is 23.6 Å². The maximum Gasteiger partial charge on any atom is 0.174 e. The molecule has 2 heterocycles. The number of carbonyl (C=O) groups excluding carboxylic acids is 1. The summed E-state index contributed by atoms with van der Waals surface area (Å²) in [5, 5.41) is 0.524. The second-order valence-electron chi connectivity index (χ2n) is 4.98. The lowest BCUT2D eigenvalue weighted by molar-refractivity contribution is 0.0985. The topological polar surface area (TPSA) is 77.0 Å². The fourth-order valence-corrected chi connectivity index (χ4v) is 3.60. The number of hydrogen-bond donors (Lipinski definition) is 0. The molecule has 5 nitrogen and oxygen atoms in total. The van der Waals surface area contributed by atoms with Gasteiger partial charge in [0, 0.05) is 24.4 Å². The zero-order chi connectivity index (χ0) is 16.3. The Morgan fingerprint density at radius 3 is 2.73 bits per heavy atom.